The number of carboxylic acids is 1. The first-order chi connectivity index (χ1) is 17.0. The maximum Gasteiger partial charge on any atom is 0.407 e. The van der Waals surface area contributed by atoms with E-state index in [0.717, 1.165) is 32.1 Å². The SMILES string of the molecule is O=C(O)CC1CC(NC(=O)C[C@@H]2CCC[C@H]2NC(=O)OCC2c3ccccc3-c3ccccc32)C1. The van der Waals surface area contributed by atoms with Crippen LogP contribution in [0, 0.1) is 11.8 Å². The molecule has 2 fully saturated rings. The quantitative estimate of drug-likeness (QED) is 0.522. The molecule has 2 saturated carbocycles. The Kier molecular flexibility index (Phi) is 6.75. The smallest absolute Gasteiger partial charge is 0.407 e. The molecule has 0 bridgehead atoms. The molecule has 35 heavy (non-hydrogen) atoms. The van der Waals surface area contributed by atoms with Crippen molar-refractivity contribution in [3.63, 3.8) is 0 Å². The zero-order valence-electron chi connectivity index (χ0n) is 19.7. The Bertz CT molecular complexity index is 1060. The molecule has 2 aromatic rings. The van der Waals surface area contributed by atoms with E-state index < -0.39 is 12.1 Å². The molecule has 2 amide bonds. The zero-order valence-corrected chi connectivity index (χ0v) is 19.7. The highest BCUT2D eigenvalue weighted by Gasteiger charge is 2.35. The molecule has 7 nitrogen and oxygen atoms in total. The largest absolute Gasteiger partial charge is 0.481 e. The monoisotopic (exact) mass is 476 g/mol. The highest BCUT2D eigenvalue weighted by molar-refractivity contribution is 5.79. The summed E-state index contributed by atoms with van der Waals surface area (Å²) in [6, 6.07) is 16.5. The van der Waals surface area contributed by atoms with E-state index in [2.05, 4.69) is 34.9 Å². The molecule has 7 heteroatoms. The molecule has 0 unspecified atom stereocenters. The van der Waals surface area contributed by atoms with Crippen LogP contribution in [0.3, 0.4) is 0 Å². The van der Waals surface area contributed by atoms with Gasteiger partial charge < -0.3 is 20.5 Å². The number of fused-ring (bicyclic) bond motifs is 3. The van der Waals surface area contributed by atoms with E-state index in [9.17, 15) is 14.4 Å². The standard InChI is InChI=1S/C28H32N2O5/c31-26(29-19-12-17(13-19)14-27(32)33)15-18-6-5-11-25(18)30-28(34)35-16-24-22-9-3-1-7-20(22)21-8-2-4-10-23(21)24/h1-4,7-10,17-19,24-25H,5-6,11-16H2,(H,29,31)(H,30,34)(H,32,33)/t17?,18-,19?,25+/m0/s1. The number of carbonyl (C=O) groups is 3. The van der Waals surface area contributed by atoms with Crippen molar-refractivity contribution in [2.24, 2.45) is 11.8 Å². The van der Waals surface area contributed by atoms with E-state index in [4.69, 9.17) is 9.84 Å². The summed E-state index contributed by atoms with van der Waals surface area (Å²) in [7, 11) is 0. The lowest BCUT2D eigenvalue weighted by Crippen LogP contribution is -2.46. The minimum absolute atomic E-state index is 0.0185. The normalized spacial score (nSPS) is 24.7. The van der Waals surface area contributed by atoms with Gasteiger partial charge in [0, 0.05) is 30.8 Å². The van der Waals surface area contributed by atoms with Gasteiger partial charge in [-0.15, -0.1) is 0 Å². The highest BCUT2D eigenvalue weighted by atomic mass is 16.5. The average molecular weight is 477 g/mol. The predicted octanol–water partition coefficient (Wildman–Crippen LogP) is 4.45. The first kappa shape index (κ1) is 23.4. The van der Waals surface area contributed by atoms with E-state index in [0.29, 0.717) is 6.42 Å². The highest BCUT2D eigenvalue weighted by Crippen LogP contribution is 2.44. The number of alkyl carbamates (subject to hydrolysis) is 1. The van der Waals surface area contributed by atoms with Crippen molar-refractivity contribution in [1.82, 2.24) is 10.6 Å². The summed E-state index contributed by atoms with van der Waals surface area (Å²) in [4.78, 5) is 36.0. The van der Waals surface area contributed by atoms with Gasteiger partial charge in [-0.3, -0.25) is 9.59 Å². The van der Waals surface area contributed by atoms with Crippen LogP contribution in [0.2, 0.25) is 0 Å². The fraction of sp³-hybridized carbons (Fsp3) is 0.464. The van der Waals surface area contributed by atoms with Gasteiger partial charge in [-0.05, 0) is 59.8 Å². The summed E-state index contributed by atoms with van der Waals surface area (Å²) in [6.45, 7) is 0.275. The number of ether oxygens (including phenoxy) is 1. The Balaban J connectivity index is 1.10. The van der Waals surface area contributed by atoms with Crippen LogP contribution in [0.25, 0.3) is 11.1 Å². The molecule has 2 aromatic carbocycles. The zero-order chi connectivity index (χ0) is 24.4. The molecule has 3 aliphatic rings. The van der Waals surface area contributed by atoms with Gasteiger partial charge in [0.2, 0.25) is 5.91 Å². The lowest BCUT2D eigenvalue weighted by Gasteiger charge is -2.35. The predicted molar refractivity (Wildman–Crippen MR) is 131 cm³/mol. The molecule has 0 heterocycles. The van der Waals surface area contributed by atoms with Crippen LogP contribution >= 0.6 is 0 Å². The molecule has 3 N–H and O–H groups in total. The Labute approximate surface area is 205 Å². The van der Waals surface area contributed by atoms with Crippen molar-refractivity contribution >= 4 is 18.0 Å². The van der Waals surface area contributed by atoms with Crippen molar-refractivity contribution in [3.05, 3.63) is 59.7 Å². The maximum absolute atomic E-state index is 12.7. The Hall–Kier alpha value is -3.35. The fourth-order valence-corrected chi connectivity index (χ4v) is 6.05. The second-order valence-electron chi connectivity index (χ2n) is 10.2. The number of aliphatic carboxylic acids is 1. The van der Waals surface area contributed by atoms with Crippen molar-refractivity contribution in [2.75, 3.05) is 6.61 Å². The minimum atomic E-state index is -0.784. The van der Waals surface area contributed by atoms with E-state index >= 15 is 0 Å². The van der Waals surface area contributed by atoms with Crippen LogP contribution in [0.1, 0.15) is 62.0 Å². The summed E-state index contributed by atoms with van der Waals surface area (Å²) < 4.78 is 5.69. The third-order valence-corrected chi connectivity index (χ3v) is 7.82. The first-order valence-corrected chi connectivity index (χ1v) is 12.6. The van der Waals surface area contributed by atoms with Crippen LogP contribution in [-0.2, 0) is 14.3 Å². The third kappa shape index (κ3) is 5.19. The Morgan fingerprint density at radius 1 is 0.886 bits per heavy atom. The van der Waals surface area contributed by atoms with Crippen molar-refractivity contribution in [3.8, 4) is 11.1 Å². The maximum atomic E-state index is 12.7. The molecular weight excluding hydrogens is 444 g/mol. The van der Waals surface area contributed by atoms with Crippen LogP contribution in [0.4, 0.5) is 4.79 Å². The van der Waals surface area contributed by atoms with Gasteiger partial charge in [0.15, 0.2) is 0 Å². The number of amides is 2. The lowest BCUT2D eigenvalue weighted by molar-refractivity contribution is -0.139. The van der Waals surface area contributed by atoms with E-state index in [-0.39, 0.29) is 48.8 Å². The van der Waals surface area contributed by atoms with Gasteiger partial charge in [-0.1, -0.05) is 55.0 Å². The molecule has 3 aliphatic carbocycles. The summed E-state index contributed by atoms with van der Waals surface area (Å²) in [5.74, 6) is -0.536. The Morgan fingerprint density at radius 2 is 1.54 bits per heavy atom. The summed E-state index contributed by atoms with van der Waals surface area (Å²) >= 11 is 0. The third-order valence-electron chi connectivity index (χ3n) is 7.82. The number of hydrogen-bond donors (Lipinski definition) is 3. The molecular formula is C28H32N2O5. The summed E-state index contributed by atoms with van der Waals surface area (Å²) in [5, 5.41) is 14.9. The molecule has 184 valence electrons. The fourth-order valence-electron chi connectivity index (χ4n) is 6.05. The van der Waals surface area contributed by atoms with Crippen LogP contribution in [-0.4, -0.2) is 41.8 Å². The average Bonchev–Trinajstić information content (AvgIpc) is 3.37. The number of nitrogens with one attached hydrogen (secondary N) is 2. The second-order valence-corrected chi connectivity index (χ2v) is 10.2. The number of rotatable bonds is 8. The minimum Gasteiger partial charge on any atom is -0.481 e. The number of benzene rings is 2. The molecule has 0 saturated heterocycles. The van der Waals surface area contributed by atoms with Gasteiger partial charge in [0.05, 0.1) is 0 Å². The van der Waals surface area contributed by atoms with Crippen molar-refractivity contribution < 1.29 is 24.2 Å². The second kappa shape index (κ2) is 10.1. The van der Waals surface area contributed by atoms with Gasteiger partial charge in [-0.2, -0.15) is 0 Å². The molecule has 0 radical (unpaired) electrons. The number of carboxylic acid groups (broad SMARTS) is 1. The molecule has 0 spiro atoms. The number of hydrogen-bond acceptors (Lipinski definition) is 4. The molecule has 0 aliphatic heterocycles. The van der Waals surface area contributed by atoms with Gasteiger partial charge in [-0.25, -0.2) is 4.79 Å². The van der Waals surface area contributed by atoms with Crippen molar-refractivity contribution in [2.45, 2.75) is 62.9 Å². The van der Waals surface area contributed by atoms with Crippen LogP contribution < -0.4 is 10.6 Å². The van der Waals surface area contributed by atoms with Gasteiger partial charge >= 0.3 is 12.1 Å². The van der Waals surface area contributed by atoms with E-state index in [1.807, 2.05) is 24.3 Å². The Morgan fingerprint density at radius 3 is 2.20 bits per heavy atom. The summed E-state index contributed by atoms with van der Waals surface area (Å²) in [6.07, 6.45) is 4.26. The van der Waals surface area contributed by atoms with Crippen LogP contribution in [0.5, 0.6) is 0 Å². The van der Waals surface area contributed by atoms with Gasteiger partial charge in [0.25, 0.3) is 0 Å². The lowest BCUT2D eigenvalue weighted by atomic mass is 9.78. The topological polar surface area (TPSA) is 105 Å². The van der Waals surface area contributed by atoms with Gasteiger partial charge in [0.1, 0.15) is 6.61 Å². The van der Waals surface area contributed by atoms with Crippen LogP contribution in [0.15, 0.2) is 48.5 Å². The molecule has 0 aromatic heterocycles. The first-order valence-electron chi connectivity index (χ1n) is 12.6. The number of carbonyl (C=O) groups excluding carboxylic acids is 2. The summed E-state index contributed by atoms with van der Waals surface area (Å²) in [5.41, 5.74) is 4.75. The molecule has 2 atom stereocenters. The van der Waals surface area contributed by atoms with E-state index in [1.165, 1.54) is 22.3 Å². The van der Waals surface area contributed by atoms with Crippen molar-refractivity contribution in [1.29, 1.82) is 0 Å². The van der Waals surface area contributed by atoms with E-state index in [1.54, 1.807) is 0 Å². The molecule has 5 rings (SSSR count).